The zero-order chi connectivity index (χ0) is 19.9. The van der Waals surface area contributed by atoms with Crippen LogP contribution in [0.15, 0.2) is 57.0 Å². The Balaban J connectivity index is 0.00000392. The number of rotatable bonds is 8. The number of aliphatic imine (C=N–C) groups is 1. The molecule has 0 saturated heterocycles. The van der Waals surface area contributed by atoms with E-state index in [-0.39, 0.29) is 47.7 Å². The molecule has 156 valence electrons. The minimum Gasteiger partial charge on any atom is -0.466 e. The molecule has 0 amide bonds. The molecule has 0 saturated carbocycles. The van der Waals surface area contributed by atoms with Crippen molar-refractivity contribution < 1.29 is 22.3 Å². The summed E-state index contributed by atoms with van der Waals surface area (Å²) in [7, 11) is -3.77. The Labute approximate surface area is 181 Å². The van der Waals surface area contributed by atoms with E-state index in [9.17, 15) is 17.9 Å². The van der Waals surface area contributed by atoms with Gasteiger partial charge in [-0.25, -0.2) is 17.8 Å². The number of aliphatic hydroxyl groups is 1. The van der Waals surface area contributed by atoms with Gasteiger partial charge < -0.3 is 20.2 Å². The number of furan rings is 1. The van der Waals surface area contributed by atoms with Crippen molar-refractivity contribution in [2.45, 2.75) is 24.3 Å². The SMILES string of the molecule is CCNC(=NCC(C)(O)c1ccco1)NCCS(=O)(=O)c1ccccc1F.I. The van der Waals surface area contributed by atoms with Gasteiger partial charge in [0.1, 0.15) is 22.1 Å². The highest BCUT2D eigenvalue weighted by Crippen LogP contribution is 2.21. The van der Waals surface area contributed by atoms with Gasteiger partial charge in [0, 0.05) is 13.1 Å². The molecule has 28 heavy (non-hydrogen) atoms. The van der Waals surface area contributed by atoms with E-state index >= 15 is 0 Å². The number of nitrogens with zero attached hydrogens (tertiary/aromatic N) is 1. The topological polar surface area (TPSA) is 104 Å². The fourth-order valence-electron chi connectivity index (χ4n) is 2.35. The fourth-order valence-corrected chi connectivity index (χ4v) is 3.59. The zero-order valence-corrected chi connectivity index (χ0v) is 18.8. The van der Waals surface area contributed by atoms with E-state index in [1.54, 1.807) is 19.1 Å². The van der Waals surface area contributed by atoms with Crippen LogP contribution in [0, 0.1) is 5.82 Å². The second kappa shape index (κ2) is 10.8. The van der Waals surface area contributed by atoms with Crippen LogP contribution in [-0.4, -0.2) is 44.9 Å². The van der Waals surface area contributed by atoms with Crippen LogP contribution in [0.5, 0.6) is 0 Å². The predicted octanol–water partition coefficient (Wildman–Crippen LogP) is 2.27. The van der Waals surface area contributed by atoms with Crippen molar-refractivity contribution >= 4 is 39.8 Å². The molecule has 0 fully saturated rings. The van der Waals surface area contributed by atoms with Gasteiger partial charge in [-0.15, -0.1) is 24.0 Å². The molecule has 0 spiro atoms. The molecule has 3 N–H and O–H groups in total. The molecule has 7 nitrogen and oxygen atoms in total. The van der Waals surface area contributed by atoms with E-state index in [0.29, 0.717) is 18.3 Å². The lowest BCUT2D eigenvalue weighted by molar-refractivity contribution is 0.0437. The molecular formula is C18H25FIN3O4S. The van der Waals surface area contributed by atoms with E-state index in [2.05, 4.69) is 15.6 Å². The number of benzene rings is 1. The van der Waals surface area contributed by atoms with Crippen LogP contribution < -0.4 is 10.6 Å². The molecule has 10 heteroatoms. The van der Waals surface area contributed by atoms with Crippen LogP contribution in [-0.2, 0) is 15.4 Å². The molecule has 1 heterocycles. The normalized spacial score (nSPS) is 14.1. The van der Waals surface area contributed by atoms with E-state index in [1.165, 1.54) is 24.5 Å². The number of halogens is 2. The summed E-state index contributed by atoms with van der Waals surface area (Å²) in [6.07, 6.45) is 1.46. The van der Waals surface area contributed by atoms with Crippen LogP contribution in [0.4, 0.5) is 4.39 Å². The summed E-state index contributed by atoms with van der Waals surface area (Å²) in [5, 5.41) is 16.3. The molecule has 1 aromatic heterocycles. The van der Waals surface area contributed by atoms with Gasteiger partial charge in [-0.2, -0.15) is 0 Å². The van der Waals surface area contributed by atoms with Crippen molar-refractivity contribution in [2.24, 2.45) is 4.99 Å². The van der Waals surface area contributed by atoms with Crippen LogP contribution in [0.1, 0.15) is 19.6 Å². The Morgan fingerprint density at radius 1 is 1.25 bits per heavy atom. The van der Waals surface area contributed by atoms with Crippen LogP contribution in [0.3, 0.4) is 0 Å². The monoisotopic (exact) mass is 525 g/mol. The average Bonchev–Trinajstić information content (AvgIpc) is 3.15. The molecular weight excluding hydrogens is 500 g/mol. The highest BCUT2D eigenvalue weighted by Gasteiger charge is 2.26. The summed E-state index contributed by atoms with van der Waals surface area (Å²) in [6.45, 7) is 4.02. The number of hydrogen-bond acceptors (Lipinski definition) is 5. The number of sulfone groups is 1. The van der Waals surface area contributed by atoms with Crippen molar-refractivity contribution in [3.8, 4) is 0 Å². The number of nitrogens with one attached hydrogen (secondary N) is 2. The Bertz CT molecular complexity index is 871. The van der Waals surface area contributed by atoms with Crippen LogP contribution in [0.2, 0.25) is 0 Å². The van der Waals surface area contributed by atoms with Crippen molar-refractivity contribution in [1.82, 2.24) is 10.6 Å². The molecule has 0 radical (unpaired) electrons. The Morgan fingerprint density at radius 2 is 1.96 bits per heavy atom. The molecule has 1 aromatic carbocycles. The first kappa shape index (κ1) is 24.4. The predicted molar refractivity (Wildman–Crippen MR) is 116 cm³/mol. The second-order valence-electron chi connectivity index (χ2n) is 6.12. The van der Waals surface area contributed by atoms with Crippen molar-refractivity contribution in [2.75, 3.05) is 25.4 Å². The lowest BCUT2D eigenvalue weighted by atomic mass is 10.0. The Hall–Kier alpha value is -1.66. The Morgan fingerprint density at radius 3 is 2.57 bits per heavy atom. The van der Waals surface area contributed by atoms with Gasteiger partial charge in [0.05, 0.1) is 18.6 Å². The van der Waals surface area contributed by atoms with Crippen molar-refractivity contribution in [3.63, 3.8) is 0 Å². The third-order valence-corrected chi connectivity index (χ3v) is 5.52. The van der Waals surface area contributed by atoms with Gasteiger partial charge in [-0.3, -0.25) is 0 Å². The summed E-state index contributed by atoms with van der Waals surface area (Å²) < 4.78 is 43.5. The summed E-state index contributed by atoms with van der Waals surface area (Å²) in [4.78, 5) is 3.94. The molecule has 2 rings (SSSR count). The van der Waals surface area contributed by atoms with Gasteiger partial charge in [0.25, 0.3) is 0 Å². The molecule has 1 unspecified atom stereocenters. The lowest BCUT2D eigenvalue weighted by Gasteiger charge is -2.19. The van der Waals surface area contributed by atoms with E-state index in [0.717, 1.165) is 6.07 Å². The third kappa shape index (κ3) is 6.74. The molecule has 0 aliphatic carbocycles. The van der Waals surface area contributed by atoms with E-state index in [4.69, 9.17) is 4.42 Å². The quantitative estimate of drug-likeness (QED) is 0.278. The van der Waals surface area contributed by atoms with Crippen LogP contribution in [0.25, 0.3) is 0 Å². The minimum atomic E-state index is -3.77. The first-order valence-corrected chi connectivity index (χ1v) is 10.2. The van der Waals surface area contributed by atoms with Crippen LogP contribution >= 0.6 is 24.0 Å². The number of guanidine groups is 1. The highest BCUT2D eigenvalue weighted by atomic mass is 127. The van der Waals surface area contributed by atoms with Gasteiger partial charge in [-0.1, -0.05) is 12.1 Å². The van der Waals surface area contributed by atoms with Crippen molar-refractivity contribution in [1.29, 1.82) is 0 Å². The third-order valence-electron chi connectivity index (χ3n) is 3.78. The van der Waals surface area contributed by atoms with Crippen molar-refractivity contribution in [3.05, 3.63) is 54.2 Å². The first-order chi connectivity index (χ1) is 12.8. The number of hydrogen-bond donors (Lipinski definition) is 3. The summed E-state index contributed by atoms with van der Waals surface area (Å²) in [6, 6.07) is 8.59. The summed E-state index contributed by atoms with van der Waals surface area (Å²) >= 11 is 0. The standard InChI is InChI=1S/C18H24FN3O4S.HI/c1-3-20-17(22-13-18(2,23)16-9-6-11-26-16)21-10-12-27(24,25)15-8-5-4-7-14(15)19;/h4-9,11,23H,3,10,12-13H2,1-2H3,(H2,20,21,22);1H. The largest absolute Gasteiger partial charge is 0.466 e. The molecule has 0 aliphatic rings. The van der Waals surface area contributed by atoms with Gasteiger partial charge in [0.2, 0.25) is 0 Å². The highest BCUT2D eigenvalue weighted by molar-refractivity contribution is 14.0. The van der Waals surface area contributed by atoms with E-state index < -0.39 is 21.3 Å². The summed E-state index contributed by atoms with van der Waals surface area (Å²) in [5.74, 6) is -0.350. The molecule has 0 bridgehead atoms. The lowest BCUT2D eigenvalue weighted by Crippen LogP contribution is -2.40. The average molecular weight is 525 g/mol. The molecule has 1 atom stereocenters. The first-order valence-electron chi connectivity index (χ1n) is 8.52. The van der Waals surface area contributed by atoms with E-state index in [1.807, 2.05) is 6.92 Å². The minimum absolute atomic E-state index is 0. The van der Waals surface area contributed by atoms with Gasteiger partial charge in [0.15, 0.2) is 15.8 Å². The zero-order valence-electron chi connectivity index (χ0n) is 15.7. The fraction of sp³-hybridized carbons (Fsp3) is 0.389. The summed E-state index contributed by atoms with van der Waals surface area (Å²) in [5.41, 5.74) is -1.30. The van der Waals surface area contributed by atoms with Gasteiger partial charge in [-0.05, 0) is 38.1 Å². The molecule has 2 aromatic rings. The second-order valence-corrected chi connectivity index (χ2v) is 8.20. The molecule has 0 aliphatic heterocycles. The Kier molecular flexibility index (Phi) is 9.37. The maximum atomic E-state index is 13.7. The maximum Gasteiger partial charge on any atom is 0.191 e. The maximum absolute atomic E-state index is 13.7. The smallest absolute Gasteiger partial charge is 0.191 e. The van der Waals surface area contributed by atoms with Gasteiger partial charge >= 0.3 is 0 Å².